The van der Waals surface area contributed by atoms with Gasteiger partial charge in [-0.25, -0.2) is 0 Å². The zero-order chi connectivity index (χ0) is 13.8. The van der Waals surface area contributed by atoms with Gasteiger partial charge in [0.2, 0.25) is 0 Å². The zero-order valence-corrected chi connectivity index (χ0v) is 13.0. The van der Waals surface area contributed by atoms with Gasteiger partial charge in [-0.05, 0) is 52.7 Å². The Kier molecular flexibility index (Phi) is 4.85. The van der Waals surface area contributed by atoms with E-state index in [4.69, 9.17) is 11.6 Å². The molecule has 0 aliphatic heterocycles. The van der Waals surface area contributed by atoms with Gasteiger partial charge in [-0.3, -0.25) is 4.79 Å². The minimum Gasteiger partial charge on any atom is -0.507 e. The highest BCUT2D eigenvalue weighted by Crippen LogP contribution is 2.23. The standard InChI is InChI=1S/C13H11BrClNO2S/c14-12-4-2-9(19-12)5-6-16-13(18)10-3-1-8(15)7-11(10)17/h1-4,7,17H,5-6H2,(H,16,18). The van der Waals surface area contributed by atoms with Crippen LogP contribution in [0.3, 0.4) is 0 Å². The van der Waals surface area contributed by atoms with Crippen LogP contribution in [-0.4, -0.2) is 17.6 Å². The minimum atomic E-state index is -0.301. The Morgan fingerprint density at radius 2 is 2.16 bits per heavy atom. The van der Waals surface area contributed by atoms with Gasteiger partial charge in [0, 0.05) is 16.4 Å². The molecule has 0 fully saturated rings. The van der Waals surface area contributed by atoms with Crippen molar-refractivity contribution in [2.75, 3.05) is 6.54 Å². The number of phenolic OH excluding ortho intramolecular Hbond substituents is 1. The van der Waals surface area contributed by atoms with Crippen LogP contribution >= 0.6 is 38.9 Å². The number of carbonyl (C=O) groups excluding carboxylic acids is 1. The fourth-order valence-corrected chi connectivity index (χ4v) is 3.23. The van der Waals surface area contributed by atoms with Crippen LogP contribution in [0.2, 0.25) is 5.02 Å². The fourth-order valence-electron chi connectivity index (χ4n) is 1.58. The summed E-state index contributed by atoms with van der Waals surface area (Å²) in [6.07, 6.45) is 0.760. The molecular weight excluding hydrogens is 350 g/mol. The number of carbonyl (C=O) groups is 1. The Hall–Kier alpha value is -1.04. The maximum absolute atomic E-state index is 11.9. The Balaban J connectivity index is 1.90. The van der Waals surface area contributed by atoms with E-state index < -0.39 is 0 Å². The summed E-state index contributed by atoms with van der Waals surface area (Å²) in [5, 5.41) is 12.8. The van der Waals surface area contributed by atoms with Gasteiger partial charge >= 0.3 is 0 Å². The summed E-state index contributed by atoms with van der Waals surface area (Å²) in [4.78, 5) is 13.0. The molecule has 1 aromatic carbocycles. The van der Waals surface area contributed by atoms with Gasteiger partial charge in [0.25, 0.3) is 5.91 Å². The van der Waals surface area contributed by atoms with E-state index in [1.165, 1.54) is 17.0 Å². The molecule has 0 aliphatic rings. The molecule has 0 atom stereocenters. The molecule has 19 heavy (non-hydrogen) atoms. The summed E-state index contributed by atoms with van der Waals surface area (Å²) in [6, 6.07) is 8.43. The summed E-state index contributed by atoms with van der Waals surface area (Å²) in [7, 11) is 0. The molecule has 1 heterocycles. The highest BCUT2D eigenvalue weighted by Gasteiger charge is 2.10. The highest BCUT2D eigenvalue weighted by atomic mass is 79.9. The number of hydrogen-bond acceptors (Lipinski definition) is 3. The topological polar surface area (TPSA) is 49.3 Å². The molecule has 2 rings (SSSR count). The van der Waals surface area contributed by atoms with Crippen LogP contribution in [0.4, 0.5) is 0 Å². The van der Waals surface area contributed by atoms with E-state index in [2.05, 4.69) is 21.2 Å². The average Bonchev–Trinajstić information content (AvgIpc) is 2.75. The van der Waals surface area contributed by atoms with Gasteiger partial charge in [0.15, 0.2) is 0 Å². The third kappa shape index (κ3) is 3.96. The van der Waals surface area contributed by atoms with Crippen molar-refractivity contribution in [3.63, 3.8) is 0 Å². The number of nitrogens with one attached hydrogen (secondary N) is 1. The average molecular weight is 361 g/mol. The lowest BCUT2D eigenvalue weighted by Crippen LogP contribution is -2.25. The van der Waals surface area contributed by atoms with Gasteiger partial charge in [-0.1, -0.05) is 11.6 Å². The molecular formula is C13H11BrClNO2S. The molecule has 0 bridgehead atoms. The van der Waals surface area contributed by atoms with Crippen molar-refractivity contribution in [2.45, 2.75) is 6.42 Å². The molecule has 6 heteroatoms. The van der Waals surface area contributed by atoms with Gasteiger partial charge in [-0.15, -0.1) is 11.3 Å². The monoisotopic (exact) mass is 359 g/mol. The first-order chi connectivity index (χ1) is 9.06. The number of aromatic hydroxyl groups is 1. The van der Waals surface area contributed by atoms with Crippen molar-refractivity contribution in [1.82, 2.24) is 5.32 Å². The van der Waals surface area contributed by atoms with E-state index in [0.29, 0.717) is 11.6 Å². The van der Waals surface area contributed by atoms with Crippen molar-refractivity contribution in [3.8, 4) is 5.75 Å². The second-order valence-electron chi connectivity index (χ2n) is 3.87. The first-order valence-electron chi connectivity index (χ1n) is 5.57. The van der Waals surface area contributed by atoms with Crippen LogP contribution < -0.4 is 5.32 Å². The van der Waals surface area contributed by atoms with Gasteiger partial charge in [0.05, 0.1) is 9.35 Å². The Morgan fingerprint density at radius 3 is 2.79 bits per heavy atom. The normalized spacial score (nSPS) is 10.4. The SMILES string of the molecule is O=C(NCCc1ccc(Br)s1)c1ccc(Cl)cc1O. The Bertz CT molecular complexity index is 600. The van der Waals surface area contributed by atoms with Crippen molar-refractivity contribution >= 4 is 44.8 Å². The molecule has 2 N–H and O–H groups in total. The molecule has 0 saturated heterocycles. The summed E-state index contributed by atoms with van der Waals surface area (Å²) < 4.78 is 1.07. The molecule has 0 aliphatic carbocycles. The van der Waals surface area contributed by atoms with Crippen molar-refractivity contribution in [1.29, 1.82) is 0 Å². The van der Waals surface area contributed by atoms with Crippen molar-refractivity contribution in [3.05, 3.63) is 49.6 Å². The summed E-state index contributed by atoms with van der Waals surface area (Å²) in [5.74, 6) is -0.409. The number of phenols is 1. The lowest BCUT2D eigenvalue weighted by atomic mass is 10.2. The van der Waals surface area contributed by atoms with Crippen LogP contribution in [0, 0.1) is 0 Å². The molecule has 2 aromatic rings. The van der Waals surface area contributed by atoms with Crippen LogP contribution in [-0.2, 0) is 6.42 Å². The lowest BCUT2D eigenvalue weighted by Gasteiger charge is -2.06. The van der Waals surface area contributed by atoms with E-state index in [1.807, 2.05) is 12.1 Å². The Morgan fingerprint density at radius 1 is 1.37 bits per heavy atom. The third-order valence-corrected chi connectivity index (χ3v) is 4.41. The largest absolute Gasteiger partial charge is 0.507 e. The van der Waals surface area contributed by atoms with E-state index in [9.17, 15) is 9.90 Å². The molecule has 0 unspecified atom stereocenters. The zero-order valence-electron chi connectivity index (χ0n) is 9.82. The van der Waals surface area contributed by atoms with Crippen LogP contribution in [0.1, 0.15) is 15.2 Å². The quantitative estimate of drug-likeness (QED) is 0.870. The number of halogens is 2. The number of rotatable bonds is 4. The number of hydrogen-bond donors (Lipinski definition) is 2. The lowest BCUT2D eigenvalue weighted by molar-refractivity contribution is 0.0951. The summed E-state index contributed by atoms with van der Waals surface area (Å²) in [5.41, 5.74) is 0.233. The van der Waals surface area contributed by atoms with Crippen molar-refractivity contribution in [2.24, 2.45) is 0 Å². The van der Waals surface area contributed by atoms with E-state index in [-0.39, 0.29) is 17.2 Å². The molecule has 0 radical (unpaired) electrons. The summed E-state index contributed by atoms with van der Waals surface area (Å²) in [6.45, 7) is 0.522. The predicted octanol–water partition coefficient (Wildman–Crippen LogP) is 3.84. The first kappa shape index (κ1) is 14.4. The predicted molar refractivity (Wildman–Crippen MR) is 81.2 cm³/mol. The third-order valence-electron chi connectivity index (χ3n) is 2.49. The van der Waals surface area contributed by atoms with Gasteiger partial charge in [0.1, 0.15) is 5.75 Å². The number of benzene rings is 1. The van der Waals surface area contributed by atoms with Crippen LogP contribution in [0.25, 0.3) is 0 Å². The van der Waals surface area contributed by atoms with E-state index >= 15 is 0 Å². The molecule has 1 amide bonds. The van der Waals surface area contributed by atoms with Gasteiger partial charge in [-0.2, -0.15) is 0 Å². The fraction of sp³-hybridized carbons (Fsp3) is 0.154. The van der Waals surface area contributed by atoms with E-state index in [1.54, 1.807) is 17.4 Å². The van der Waals surface area contributed by atoms with Crippen LogP contribution in [0.15, 0.2) is 34.1 Å². The maximum atomic E-state index is 11.9. The molecule has 3 nitrogen and oxygen atoms in total. The van der Waals surface area contributed by atoms with Crippen LogP contribution in [0.5, 0.6) is 5.75 Å². The van der Waals surface area contributed by atoms with E-state index in [0.717, 1.165) is 10.2 Å². The van der Waals surface area contributed by atoms with Gasteiger partial charge < -0.3 is 10.4 Å². The molecule has 100 valence electrons. The minimum absolute atomic E-state index is 0.108. The van der Waals surface area contributed by atoms with Crippen molar-refractivity contribution < 1.29 is 9.90 Å². The molecule has 1 aromatic heterocycles. The Labute approximate surface area is 128 Å². The highest BCUT2D eigenvalue weighted by molar-refractivity contribution is 9.11. The maximum Gasteiger partial charge on any atom is 0.255 e. The number of amides is 1. The smallest absolute Gasteiger partial charge is 0.255 e. The number of thiophene rings is 1. The molecule has 0 spiro atoms. The second-order valence-corrected chi connectivity index (χ2v) is 6.86. The first-order valence-corrected chi connectivity index (χ1v) is 7.56. The second kappa shape index (κ2) is 6.41. The molecule has 0 saturated carbocycles. The summed E-state index contributed by atoms with van der Waals surface area (Å²) >= 11 is 10.7.